The molecule has 2 nitrogen and oxygen atoms in total. The zero-order valence-electron chi connectivity index (χ0n) is 14.9. The number of nitrogens with one attached hydrogen (secondary N) is 1. The zero-order valence-corrected chi connectivity index (χ0v) is 14.9. The Balaban J connectivity index is 3.19. The molecule has 1 amide bonds. The van der Waals surface area contributed by atoms with Gasteiger partial charge in [0.1, 0.15) is 0 Å². The van der Waals surface area contributed by atoms with Crippen LogP contribution in [0.5, 0.6) is 0 Å². The lowest BCUT2D eigenvalue weighted by Gasteiger charge is -2.12. The summed E-state index contributed by atoms with van der Waals surface area (Å²) in [4.78, 5) is 11.7. The van der Waals surface area contributed by atoms with E-state index in [0.717, 1.165) is 19.3 Å². The second kappa shape index (κ2) is 15.9. The molecule has 0 aliphatic rings. The summed E-state index contributed by atoms with van der Waals surface area (Å²) in [5.74, 6) is 0.242. The van der Waals surface area contributed by atoms with E-state index in [0.29, 0.717) is 12.5 Å². The molecule has 0 aliphatic carbocycles. The molecule has 0 saturated heterocycles. The van der Waals surface area contributed by atoms with Gasteiger partial charge in [-0.2, -0.15) is 0 Å². The van der Waals surface area contributed by atoms with Crippen molar-refractivity contribution in [2.75, 3.05) is 0 Å². The fraction of sp³-hybridized carbons (Fsp3) is 0.947. The van der Waals surface area contributed by atoms with E-state index >= 15 is 0 Å². The molecule has 0 rings (SSSR count). The fourth-order valence-electron chi connectivity index (χ4n) is 2.80. The van der Waals surface area contributed by atoms with Crippen molar-refractivity contribution in [3.05, 3.63) is 0 Å². The van der Waals surface area contributed by atoms with Crippen molar-refractivity contribution in [3.63, 3.8) is 0 Å². The maximum Gasteiger partial charge on any atom is 0.220 e. The van der Waals surface area contributed by atoms with Crippen LogP contribution >= 0.6 is 0 Å². The summed E-state index contributed by atoms with van der Waals surface area (Å²) in [6.07, 6.45) is 17.6. The number of carbonyl (C=O) groups excluding carboxylic acids is 1. The summed E-state index contributed by atoms with van der Waals surface area (Å²) >= 11 is 0. The summed E-state index contributed by atoms with van der Waals surface area (Å²) in [6.45, 7) is 6.53. The third kappa shape index (κ3) is 15.7. The highest BCUT2D eigenvalue weighted by Crippen LogP contribution is 2.11. The van der Waals surface area contributed by atoms with E-state index in [1.165, 1.54) is 64.2 Å². The highest BCUT2D eigenvalue weighted by molar-refractivity contribution is 5.76. The predicted molar refractivity (Wildman–Crippen MR) is 93.6 cm³/mol. The third-order valence-electron chi connectivity index (χ3n) is 4.14. The number of amides is 1. The van der Waals surface area contributed by atoms with Gasteiger partial charge in [0.15, 0.2) is 0 Å². The number of unbranched alkanes of at least 4 members (excludes halogenated alkanes) is 10. The van der Waals surface area contributed by atoms with E-state index in [1.54, 1.807) is 0 Å². The van der Waals surface area contributed by atoms with E-state index in [4.69, 9.17) is 0 Å². The minimum atomic E-state index is 0.242. The van der Waals surface area contributed by atoms with Crippen LogP contribution in [0.25, 0.3) is 0 Å². The lowest BCUT2D eigenvalue weighted by Crippen LogP contribution is -2.32. The van der Waals surface area contributed by atoms with E-state index in [1.807, 2.05) is 0 Å². The Hall–Kier alpha value is -0.530. The Morgan fingerprint density at radius 1 is 0.762 bits per heavy atom. The zero-order chi connectivity index (χ0) is 15.8. The van der Waals surface area contributed by atoms with Gasteiger partial charge in [-0.3, -0.25) is 4.79 Å². The van der Waals surface area contributed by atoms with Gasteiger partial charge < -0.3 is 5.32 Å². The van der Waals surface area contributed by atoms with Crippen molar-refractivity contribution in [1.29, 1.82) is 0 Å². The largest absolute Gasteiger partial charge is 0.354 e. The second-order valence-electron chi connectivity index (χ2n) is 6.54. The lowest BCUT2D eigenvalue weighted by molar-refractivity contribution is -0.121. The molecule has 2 heteroatoms. The van der Waals surface area contributed by atoms with Crippen molar-refractivity contribution in [2.24, 2.45) is 0 Å². The van der Waals surface area contributed by atoms with Crippen molar-refractivity contribution in [2.45, 2.75) is 117 Å². The summed E-state index contributed by atoms with van der Waals surface area (Å²) in [5.41, 5.74) is 0. The number of hydrogen-bond acceptors (Lipinski definition) is 1. The Morgan fingerprint density at radius 3 is 1.71 bits per heavy atom. The molecule has 1 N–H and O–H groups in total. The average molecular weight is 298 g/mol. The van der Waals surface area contributed by atoms with Crippen molar-refractivity contribution < 1.29 is 4.79 Å². The van der Waals surface area contributed by atoms with Gasteiger partial charge in [0.2, 0.25) is 5.91 Å². The van der Waals surface area contributed by atoms with Crippen LogP contribution in [-0.4, -0.2) is 11.9 Å². The van der Waals surface area contributed by atoms with Crippen LogP contribution in [0.4, 0.5) is 0 Å². The molecule has 126 valence electrons. The first-order valence-corrected chi connectivity index (χ1v) is 9.50. The molecule has 0 aromatic rings. The van der Waals surface area contributed by atoms with Crippen LogP contribution in [0.2, 0.25) is 0 Å². The van der Waals surface area contributed by atoms with Crippen LogP contribution in [0, 0.1) is 0 Å². The molecule has 0 fully saturated rings. The van der Waals surface area contributed by atoms with Crippen LogP contribution < -0.4 is 5.32 Å². The molecule has 0 heterocycles. The summed E-state index contributed by atoms with van der Waals surface area (Å²) in [6, 6.07) is 0.343. The second-order valence-corrected chi connectivity index (χ2v) is 6.54. The number of hydrogen-bond donors (Lipinski definition) is 1. The Kier molecular flexibility index (Phi) is 15.5. The van der Waals surface area contributed by atoms with Gasteiger partial charge in [0.25, 0.3) is 0 Å². The minimum Gasteiger partial charge on any atom is -0.354 e. The molecule has 0 radical (unpaired) electrons. The molecule has 0 aromatic heterocycles. The van der Waals surface area contributed by atoms with E-state index in [-0.39, 0.29) is 5.91 Å². The van der Waals surface area contributed by atoms with E-state index in [2.05, 4.69) is 26.1 Å². The molecule has 0 spiro atoms. The predicted octanol–water partition coefficient (Wildman–Crippen LogP) is 5.99. The molecule has 0 saturated carbocycles. The molecular formula is C19H39NO. The van der Waals surface area contributed by atoms with Gasteiger partial charge in [-0.25, -0.2) is 0 Å². The van der Waals surface area contributed by atoms with Crippen LogP contribution in [-0.2, 0) is 4.79 Å². The first-order chi connectivity index (χ1) is 10.2. The highest BCUT2D eigenvalue weighted by Gasteiger charge is 2.05. The summed E-state index contributed by atoms with van der Waals surface area (Å²) in [7, 11) is 0. The molecule has 0 unspecified atom stereocenters. The SMILES string of the molecule is CCCCCCCCCCCCCC(=O)N[C@@H](C)CCC. The highest BCUT2D eigenvalue weighted by atomic mass is 16.1. The van der Waals surface area contributed by atoms with Crippen molar-refractivity contribution in [3.8, 4) is 0 Å². The van der Waals surface area contributed by atoms with Gasteiger partial charge in [0, 0.05) is 12.5 Å². The molecule has 0 bridgehead atoms. The van der Waals surface area contributed by atoms with E-state index < -0.39 is 0 Å². The normalized spacial score (nSPS) is 12.3. The molecular weight excluding hydrogens is 258 g/mol. The van der Waals surface area contributed by atoms with Crippen LogP contribution in [0.15, 0.2) is 0 Å². The monoisotopic (exact) mass is 297 g/mol. The quantitative estimate of drug-likeness (QED) is 0.369. The van der Waals surface area contributed by atoms with Gasteiger partial charge in [-0.05, 0) is 19.8 Å². The smallest absolute Gasteiger partial charge is 0.220 e. The number of rotatable bonds is 15. The number of carbonyl (C=O) groups is 1. The van der Waals surface area contributed by atoms with Crippen LogP contribution in [0.3, 0.4) is 0 Å². The van der Waals surface area contributed by atoms with Gasteiger partial charge in [-0.1, -0.05) is 84.5 Å². The summed E-state index contributed by atoms with van der Waals surface area (Å²) in [5, 5.41) is 3.08. The van der Waals surface area contributed by atoms with Gasteiger partial charge >= 0.3 is 0 Å². The maximum atomic E-state index is 11.7. The molecule has 0 aliphatic heterocycles. The Labute approximate surface area is 133 Å². The third-order valence-corrected chi connectivity index (χ3v) is 4.14. The first-order valence-electron chi connectivity index (χ1n) is 9.50. The first kappa shape index (κ1) is 20.5. The average Bonchev–Trinajstić information content (AvgIpc) is 2.45. The molecule has 0 aromatic carbocycles. The van der Waals surface area contributed by atoms with Gasteiger partial charge in [-0.15, -0.1) is 0 Å². The fourth-order valence-corrected chi connectivity index (χ4v) is 2.80. The van der Waals surface area contributed by atoms with Gasteiger partial charge in [0.05, 0.1) is 0 Å². The minimum absolute atomic E-state index is 0.242. The van der Waals surface area contributed by atoms with E-state index in [9.17, 15) is 4.79 Å². The Bertz CT molecular complexity index is 228. The standard InChI is InChI=1S/C19H39NO/c1-4-6-7-8-9-10-11-12-13-14-15-17-19(21)20-18(3)16-5-2/h18H,4-17H2,1-3H3,(H,20,21)/t18-/m0/s1. The maximum absolute atomic E-state index is 11.7. The lowest BCUT2D eigenvalue weighted by atomic mass is 10.1. The molecule has 1 atom stereocenters. The summed E-state index contributed by atoms with van der Waals surface area (Å²) < 4.78 is 0. The van der Waals surface area contributed by atoms with Crippen molar-refractivity contribution >= 4 is 5.91 Å². The van der Waals surface area contributed by atoms with Crippen molar-refractivity contribution in [1.82, 2.24) is 5.32 Å². The molecule has 21 heavy (non-hydrogen) atoms. The Morgan fingerprint density at radius 2 is 1.24 bits per heavy atom. The van der Waals surface area contributed by atoms with Crippen LogP contribution in [0.1, 0.15) is 111 Å². The topological polar surface area (TPSA) is 29.1 Å².